The molecule has 1 saturated carbocycles. The summed E-state index contributed by atoms with van der Waals surface area (Å²) in [7, 11) is 1.61. The van der Waals surface area contributed by atoms with Crippen LogP contribution in [0, 0.1) is 11.3 Å². The monoisotopic (exact) mass is 359 g/mol. The Bertz CT molecular complexity index is 682. The Labute approximate surface area is 154 Å². The van der Waals surface area contributed by atoms with Crippen molar-refractivity contribution in [1.29, 1.82) is 0 Å². The van der Waals surface area contributed by atoms with E-state index in [9.17, 15) is 9.59 Å². The number of hydrogen-bond acceptors (Lipinski definition) is 4. The Kier molecular flexibility index (Phi) is 4.78. The number of carbonyl (C=O) groups is 2. The lowest BCUT2D eigenvalue weighted by molar-refractivity contribution is -0.139. The number of carbonyl (C=O) groups excluding carboxylic acids is 2. The van der Waals surface area contributed by atoms with Crippen LogP contribution in [0.15, 0.2) is 16.5 Å². The number of nitrogens with one attached hydrogen (secondary N) is 1. The van der Waals surface area contributed by atoms with E-state index in [1.807, 2.05) is 6.07 Å². The van der Waals surface area contributed by atoms with Crippen molar-refractivity contribution in [3.05, 3.63) is 23.7 Å². The zero-order chi connectivity index (χ0) is 18.1. The smallest absolute Gasteiger partial charge is 0.286 e. The summed E-state index contributed by atoms with van der Waals surface area (Å²) in [6.07, 6.45) is 6.64. The average molecular weight is 359 g/mol. The third-order valence-electron chi connectivity index (χ3n) is 6.16. The summed E-state index contributed by atoms with van der Waals surface area (Å²) in [6.45, 7) is 4.68. The van der Waals surface area contributed by atoms with Gasteiger partial charge in [-0.2, -0.15) is 0 Å². The molecular weight excluding hydrogens is 330 g/mol. The van der Waals surface area contributed by atoms with Crippen LogP contribution in [0.1, 0.15) is 54.8 Å². The van der Waals surface area contributed by atoms with Gasteiger partial charge < -0.3 is 14.6 Å². The largest absolute Gasteiger partial charge is 0.455 e. The topological polar surface area (TPSA) is 65.8 Å². The van der Waals surface area contributed by atoms with Gasteiger partial charge in [0, 0.05) is 38.5 Å². The SMILES string of the molecule is CNC(=O)c1ccc(CN2CCCC3(CCC(=O)N(CC4CC4)C3)C2)o1. The van der Waals surface area contributed by atoms with Crippen LogP contribution in [0.2, 0.25) is 0 Å². The molecule has 142 valence electrons. The Morgan fingerprint density at radius 3 is 2.92 bits per heavy atom. The van der Waals surface area contributed by atoms with Crippen molar-refractivity contribution in [2.75, 3.05) is 33.2 Å². The number of hydrogen-bond donors (Lipinski definition) is 1. The number of furan rings is 1. The summed E-state index contributed by atoms with van der Waals surface area (Å²) < 4.78 is 5.70. The molecule has 1 N–H and O–H groups in total. The number of rotatable bonds is 5. The predicted molar refractivity (Wildman–Crippen MR) is 97.6 cm³/mol. The molecule has 1 aromatic rings. The maximum atomic E-state index is 12.3. The van der Waals surface area contributed by atoms with Gasteiger partial charge in [-0.1, -0.05) is 0 Å². The van der Waals surface area contributed by atoms with E-state index in [0.717, 1.165) is 57.2 Å². The van der Waals surface area contributed by atoms with Gasteiger partial charge in [0.1, 0.15) is 5.76 Å². The van der Waals surface area contributed by atoms with E-state index >= 15 is 0 Å². The van der Waals surface area contributed by atoms with Gasteiger partial charge in [-0.05, 0) is 56.7 Å². The van der Waals surface area contributed by atoms with Crippen LogP contribution in [0.3, 0.4) is 0 Å². The summed E-state index contributed by atoms with van der Waals surface area (Å²) >= 11 is 0. The first-order valence-corrected chi connectivity index (χ1v) is 9.88. The first-order chi connectivity index (χ1) is 12.6. The summed E-state index contributed by atoms with van der Waals surface area (Å²) in [4.78, 5) is 28.5. The van der Waals surface area contributed by atoms with Crippen LogP contribution in [0.4, 0.5) is 0 Å². The average Bonchev–Trinajstić information content (AvgIpc) is 3.33. The minimum atomic E-state index is -0.187. The second-order valence-corrected chi connectivity index (χ2v) is 8.38. The van der Waals surface area contributed by atoms with Crippen LogP contribution in [-0.2, 0) is 11.3 Å². The third-order valence-corrected chi connectivity index (χ3v) is 6.16. The fourth-order valence-electron chi connectivity index (χ4n) is 4.59. The lowest BCUT2D eigenvalue weighted by Gasteiger charge is -2.48. The van der Waals surface area contributed by atoms with Crippen LogP contribution >= 0.6 is 0 Å². The zero-order valence-corrected chi connectivity index (χ0v) is 15.6. The Morgan fingerprint density at radius 2 is 2.15 bits per heavy atom. The van der Waals surface area contributed by atoms with E-state index in [1.54, 1.807) is 13.1 Å². The lowest BCUT2D eigenvalue weighted by atomic mass is 9.73. The molecule has 0 radical (unpaired) electrons. The minimum absolute atomic E-state index is 0.187. The highest BCUT2D eigenvalue weighted by atomic mass is 16.4. The Morgan fingerprint density at radius 1 is 1.31 bits per heavy atom. The normalized spacial score (nSPS) is 27.1. The quantitative estimate of drug-likeness (QED) is 0.876. The molecule has 3 heterocycles. The van der Waals surface area contributed by atoms with Gasteiger partial charge >= 0.3 is 0 Å². The molecule has 6 heteroatoms. The molecule has 0 aromatic carbocycles. The van der Waals surface area contributed by atoms with E-state index in [0.29, 0.717) is 18.1 Å². The molecule has 4 rings (SSSR count). The van der Waals surface area contributed by atoms with E-state index < -0.39 is 0 Å². The van der Waals surface area contributed by atoms with Crippen LogP contribution in [-0.4, -0.2) is 54.8 Å². The van der Waals surface area contributed by atoms with Crippen molar-refractivity contribution in [3.63, 3.8) is 0 Å². The van der Waals surface area contributed by atoms with Crippen LogP contribution in [0.25, 0.3) is 0 Å². The maximum absolute atomic E-state index is 12.3. The van der Waals surface area contributed by atoms with Gasteiger partial charge in [0.05, 0.1) is 6.54 Å². The van der Waals surface area contributed by atoms with Gasteiger partial charge in [0.25, 0.3) is 5.91 Å². The van der Waals surface area contributed by atoms with E-state index in [2.05, 4.69) is 15.1 Å². The highest BCUT2D eigenvalue weighted by molar-refractivity contribution is 5.91. The van der Waals surface area contributed by atoms with Gasteiger partial charge in [-0.3, -0.25) is 14.5 Å². The number of likely N-dealkylation sites (tertiary alicyclic amines) is 2. The van der Waals surface area contributed by atoms with Crippen molar-refractivity contribution >= 4 is 11.8 Å². The molecule has 26 heavy (non-hydrogen) atoms. The van der Waals surface area contributed by atoms with Gasteiger partial charge in [-0.25, -0.2) is 0 Å². The molecule has 1 spiro atoms. The third kappa shape index (κ3) is 3.80. The van der Waals surface area contributed by atoms with Crippen molar-refractivity contribution in [1.82, 2.24) is 15.1 Å². The second-order valence-electron chi connectivity index (χ2n) is 8.38. The minimum Gasteiger partial charge on any atom is -0.455 e. The molecule has 2 aliphatic heterocycles. The molecule has 0 bridgehead atoms. The van der Waals surface area contributed by atoms with Crippen LogP contribution < -0.4 is 5.32 Å². The molecular formula is C20H29N3O3. The molecule has 6 nitrogen and oxygen atoms in total. The molecule has 1 aliphatic carbocycles. The molecule has 1 unspecified atom stereocenters. The fourth-order valence-corrected chi connectivity index (χ4v) is 4.59. The summed E-state index contributed by atoms with van der Waals surface area (Å²) in [5.74, 6) is 2.12. The first kappa shape index (κ1) is 17.6. The van der Waals surface area contributed by atoms with E-state index in [-0.39, 0.29) is 11.3 Å². The highest BCUT2D eigenvalue weighted by Gasteiger charge is 2.42. The second kappa shape index (κ2) is 7.06. The molecule has 1 atom stereocenters. The van der Waals surface area contributed by atoms with Gasteiger partial charge in [-0.15, -0.1) is 0 Å². The highest BCUT2D eigenvalue weighted by Crippen LogP contribution is 2.41. The number of amides is 2. The zero-order valence-electron chi connectivity index (χ0n) is 15.6. The van der Waals surface area contributed by atoms with E-state index in [1.165, 1.54) is 19.3 Å². The molecule has 2 amide bonds. The Hall–Kier alpha value is -1.82. The van der Waals surface area contributed by atoms with Crippen molar-refractivity contribution < 1.29 is 14.0 Å². The van der Waals surface area contributed by atoms with Crippen molar-refractivity contribution in [3.8, 4) is 0 Å². The van der Waals surface area contributed by atoms with Gasteiger partial charge in [0.15, 0.2) is 5.76 Å². The summed E-state index contributed by atoms with van der Waals surface area (Å²) in [5.41, 5.74) is 0.233. The molecule has 3 fully saturated rings. The lowest BCUT2D eigenvalue weighted by Crippen LogP contribution is -2.54. The van der Waals surface area contributed by atoms with E-state index in [4.69, 9.17) is 4.42 Å². The summed E-state index contributed by atoms with van der Waals surface area (Å²) in [6, 6.07) is 3.64. The van der Waals surface area contributed by atoms with Crippen molar-refractivity contribution in [2.45, 2.75) is 45.1 Å². The standard InChI is InChI=1S/C20H29N3O3/c1-21-19(25)17-6-5-16(26-17)12-22-10-2-8-20(13-22)9-7-18(24)23(14-20)11-15-3-4-15/h5-6,15H,2-4,7-14H2,1H3,(H,21,25). The molecule has 1 aromatic heterocycles. The summed E-state index contributed by atoms with van der Waals surface area (Å²) in [5, 5.41) is 2.59. The predicted octanol–water partition coefficient (Wildman–Crippen LogP) is 2.25. The number of piperidine rings is 2. The Balaban J connectivity index is 1.39. The fraction of sp³-hybridized carbons (Fsp3) is 0.700. The number of nitrogens with zero attached hydrogens (tertiary/aromatic N) is 2. The van der Waals surface area contributed by atoms with Crippen LogP contribution in [0.5, 0.6) is 0 Å². The van der Waals surface area contributed by atoms with Gasteiger partial charge in [0.2, 0.25) is 5.91 Å². The van der Waals surface area contributed by atoms with Crippen molar-refractivity contribution in [2.24, 2.45) is 11.3 Å². The first-order valence-electron chi connectivity index (χ1n) is 9.88. The molecule has 2 saturated heterocycles. The molecule has 3 aliphatic rings. The maximum Gasteiger partial charge on any atom is 0.286 e.